The third kappa shape index (κ3) is 2.81. The number of carbonyl (C=O) groups is 1. The van der Waals surface area contributed by atoms with E-state index < -0.39 is 11.9 Å². The summed E-state index contributed by atoms with van der Waals surface area (Å²) in [5.41, 5.74) is 6.94. The van der Waals surface area contributed by atoms with Crippen LogP contribution in [0.1, 0.15) is 37.6 Å². The Hall–Kier alpha value is -1.56. The smallest absolute Gasteiger partial charge is 0.239 e. The molecule has 2 atom stereocenters. The van der Waals surface area contributed by atoms with Gasteiger partial charge in [0.25, 0.3) is 0 Å². The molecule has 6 heteroatoms. The fourth-order valence-corrected chi connectivity index (χ4v) is 1.94. The summed E-state index contributed by atoms with van der Waals surface area (Å²) in [4.78, 5) is 11.6. The third-order valence-electron chi connectivity index (χ3n) is 3.04. The molecule has 1 rings (SSSR count). The summed E-state index contributed by atoms with van der Waals surface area (Å²) in [7, 11) is 3.33. The Morgan fingerprint density at radius 1 is 1.61 bits per heavy atom. The molecule has 0 spiro atoms. The summed E-state index contributed by atoms with van der Waals surface area (Å²) in [5.74, 6) is 0.136. The van der Waals surface area contributed by atoms with E-state index in [1.807, 2.05) is 20.8 Å². The molecule has 0 aromatic carbocycles. The van der Waals surface area contributed by atoms with Crippen LogP contribution >= 0.6 is 0 Å². The molecule has 0 bridgehead atoms. The van der Waals surface area contributed by atoms with Gasteiger partial charge in [-0.2, -0.15) is 5.10 Å². The SMILES string of the molecule is CCC(C)NC(C(N)=O)c1c(C)nn(C)c1OC. The quantitative estimate of drug-likeness (QED) is 0.781. The molecule has 0 radical (unpaired) electrons. The molecular formula is C12H22N4O2. The van der Waals surface area contributed by atoms with Crippen LogP contribution < -0.4 is 15.8 Å². The molecule has 0 saturated heterocycles. The molecule has 0 aliphatic rings. The monoisotopic (exact) mass is 254 g/mol. The lowest BCUT2D eigenvalue weighted by atomic mass is 10.1. The minimum absolute atomic E-state index is 0.187. The number of aryl methyl sites for hydroxylation is 2. The lowest BCUT2D eigenvalue weighted by Gasteiger charge is -2.20. The van der Waals surface area contributed by atoms with Crippen LogP contribution in [0.2, 0.25) is 0 Å². The minimum Gasteiger partial charge on any atom is -0.481 e. The molecule has 0 aliphatic heterocycles. The number of methoxy groups -OCH3 is 1. The van der Waals surface area contributed by atoms with E-state index in [0.717, 1.165) is 12.1 Å². The van der Waals surface area contributed by atoms with E-state index in [1.165, 1.54) is 0 Å². The zero-order valence-electron chi connectivity index (χ0n) is 11.7. The second kappa shape index (κ2) is 5.86. The molecule has 1 aromatic rings. The van der Waals surface area contributed by atoms with Crippen molar-refractivity contribution in [2.45, 2.75) is 39.3 Å². The van der Waals surface area contributed by atoms with Gasteiger partial charge in [-0.15, -0.1) is 0 Å². The first-order valence-corrected chi connectivity index (χ1v) is 6.05. The first kappa shape index (κ1) is 14.5. The largest absolute Gasteiger partial charge is 0.481 e. The number of primary amides is 1. The number of rotatable bonds is 6. The van der Waals surface area contributed by atoms with E-state index >= 15 is 0 Å². The van der Waals surface area contributed by atoms with Gasteiger partial charge in [0.05, 0.1) is 18.4 Å². The highest BCUT2D eigenvalue weighted by molar-refractivity contribution is 5.82. The van der Waals surface area contributed by atoms with Crippen molar-refractivity contribution in [2.24, 2.45) is 12.8 Å². The van der Waals surface area contributed by atoms with Crippen LogP contribution in [-0.4, -0.2) is 28.8 Å². The first-order valence-electron chi connectivity index (χ1n) is 6.05. The van der Waals surface area contributed by atoms with Gasteiger partial charge in [0.1, 0.15) is 6.04 Å². The lowest BCUT2D eigenvalue weighted by molar-refractivity contribution is -0.120. The van der Waals surface area contributed by atoms with Crippen LogP contribution in [0.5, 0.6) is 5.88 Å². The molecule has 6 nitrogen and oxygen atoms in total. The first-order chi connectivity index (χ1) is 8.42. The summed E-state index contributed by atoms with van der Waals surface area (Å²) in [5, 5.41) is 7.47. The fourth-order valence-electron chi connectivity index (χ4n) is 1.94. The molecule has 0 fully saturated rings. The van der Waals surface area contributed by atoms with Crippen molar-refractivity contribution in [3.63, 3.8) is 0 Å². The zero-order chi connectivity index (χ0) is 13.9. The van der Waals surface area contributed by atoms with Crippen LogP contribution in [0.25, 0.3) is 0 Å². The topological polar surface area (TPSA) is 82.2 Å². The van der Waals surface area contributed by atoms with Crippen molar-refractivity contribution in [3.05, 3.63) is 11.3 Å². The molecule has 1 amide bonds. The molecule has 0 aliphatic carbocycles. The lowest BCUT2D eigenvalue weighted by Crippen LogP contribution is -2.38. The van der Waals surface area contributed by atoms with E-state index in [2.05, 4.69) is 10.4 Å². The van der Waals surface area contributed by atoms with Crippen molar-refractivity contribution in [1.29, 1.82) is 0 Å². The number of aromatic nitrogens is 2. The van der Waals surface area contributed by atoms with Gasteiger partial charge in [0.15, 0.2) is 0 Å². The van der Waals surface area contributed by atoms with Crippen LogP contribution in [0.15, 0.2) is 0 Å². The highest BCUT2D eigenvalue weighted by Crippen LogP contribution is 2.28. The third-order valence-corrected chi connectivity index (χ3v) is 3.04. The number of hydrogen-bond acceptors (Lipinski definition) is 4. The summed E-state index contributed by atoms with van der Waals surface area (Å²) in [6.07, 6.45) is 0.908. The van der Waals surface area contributed by atoms with Gasteiger partial charge in [0, 0.05) is 13.1 Å². The number of amides is 1. The number of carbonyl (C=O) groups excluding carboxylic acids is 1. The highest BCUT2D eigenvalue weighted by Gasteiger charge is 2.28. The molecule has 1 heterocycles. The van der Waals surface area contributed by atoms with E-state index in [1.54, 1.807) is 18.8 Å². The number of nitrogens with zero attached hydrogens (tertiary/aromatic N) is 2. The Morgan fingerprint density at radius 3 is 2.67 bits per heavy atom. The zero-order valence-corrected chi connectivity index (χ0v) is 11.7. The average molecular weight is 254 g/mol. The number of hydrogen-bond donors (Lipinski definition) is 2. The predicted octanol–water partition coefficient (Wildman–Crippen LogP) is 0.652. The van der Waals surface area contributed by atoms with Crippen LogP contribution in [0.4, 0.5) is 0 Å². The Labute approximate surface area is 107 Å². The van der Waals surface area contributed by atoms with Crippen molar-refractivity contribution in [3.8, 4) is 5.88 Å². The Balaban J connectivity index is 3.17. The summed E-state index contributed by atoms with van der Waals surface area (Å²) >= 11 is 0. The molecule has 102 valence electrons. The maximum atomic E-state index is 11.6. The maximum absolute atomic E-state index is 11.6. The molecule has 18 heavy (non-hydrogen) atoms. The van der Waals surface area contributed by atoms with E-state index in [4.69, 9.17) is 10.5 Å². The van der Waals surface area contributed by atoms with Crippen LogP contribution in [0, 0.1) is 6.92 Å². The maximum Gasteiger partial charge on any atom is 0.239 e. The number of nitrogens with one attached hydrogen (secondary N) is 1. The van der Waals surface area contributed by atoms with Gasteiger partial charge in [-0.25, -0.2) is 4.68 Å². The van der Waals surface area contributed by atoms with Gasteiger partial charge < -0.3 is 10.5 Å². The Morgan fingerprint density at radius 2 is 2.22 bits per heavy atom. The fraction of sp³-hybridized carbons (Fsp3) is 0.667. The normalized spacial score (nSPS) is 14.3. The molecule has 2 unspecified atom stereocenters. The van der Waals surface area contributed by atoms with Crippen LogP contribution in [0.3, 0.4) is 0 Å². The van der Waals surface area contributed by atoms with Gasteiger partial charge in [0.2, 0.25) is 11.8 Å². The van der Waals surface area contributed by atoms with Crippen molar-refractivity contribution < 1.29 is 9.53 Å². The Bertz CT molecular complexity index is 428. The van der Waals surface area contributed by atoms with Gasteiger partial charge in [-0.05, 0) is 20.3 Å². The number of nitrogens with two attached hydrogens (primary N) is 1. The molecule has 3 N–H and O–H groups in total. The summed E-state index contributed by atoms with van der Waals surface area (Å²) < 4.78 is 6.91. The average Bonchev–Trinajstić information content (AvgIpc) is 2.59. The van der Waals surface area contributed by atoms with Gasteiger partial charge in [-0.1, -0.05) is 6.92 Å². The number of ether oxygens (including phenoxy) is 1. The Kier molecular flexibility index (Phi) is 4.72. The summed E-state index contributed by atoms with van der Waals surface area (Å²) in [6.45, 7) is 5.89. The highest BCUT2D eigenvalue weighted by atomic mass is 16.5. The van der Waals surface area contributed by atoms with Gasteiger partial charge >= 0.3 is 0 Å². The predicted molar refractivity (Wildman–Crippen MR) is 69.3 cm³/mol. The summed E-state index contributed by atoms with van der Waals surface area (Å²) in [6, 6.07) is -0.393. The standard InChI is InChI=1S/C12H22N4O2/c1-6-7(2)14-10(11(13)17)9-8(3)15-16(4)12(9)18-5/h7,10,14H,6H2,1-5H3,(H2,13,17). The molecule has 0 saturated carbocycles. The van der Waals surface area contributed by atoms with Crippen molar-refractivity contribution in [2.75, 3.05) is 7.11 Å². The van der Waals surface area contributed by atoms with Crippen LogP contribution in [-0.2, 0) is 11.8 Å². The van der Waals surface area contributed by atoms with Crippen molar-refractivity contribution >= 4 is 5.91 Å². The van der Waals surface area contributed by atoms with E-state index in [-0.39, 0.29) is 6.04 Å². The minimum atomic E-state index is -0.580. The van der Waals surface area contributed by atoms with E-state index in [9.17, 15) is 4.79 Å². The van der Waals surface area contributed by atoms with E-state index in [0.29, 0.717) is 11.4 Å². The van der Waals surface area contributed by atoms with Crippen molar-refractivity contribution in [1.82, 2.24) is 15.1 Å². The molecule has 1 aromatic heterocycles. The second-order valence-electron chi connectivity index (χ2n) is 4.44. The van der Waals surface area contributed by atoms with Gasteiger partial charge in [-0.3, -0.25) is 10.1 Å². The molecular weight excluding hydrogens is 232 g/mol. The second-order valence-corrected chi connectivity index (χ2v) is 4.44.